The van der Waals surface area contributed by atoms with Crippen molar-refractivity contribution < 1.29 is 9.32 Å². The maximum atomic E-state index is 12.5. The monoisotopic (exact) mass is 347 g/mol. The molecule has 1 aromatic rings. The second kappa shape index (κ2) is 6.59. The van der Waals surface area contributed by atoms with E-state index in [0.29, 0.717) is 41.5 Å². The van der Waals surface area contributed by atoms with Crippen LogP contribution >= 0.6 is 0 Å². The molecular formula is C18H29N5O2. The molecule has 1 aliphatic carbocycles. The number of amides is 1. The second-order valence-corrected chi connectivity index (χ2v) is 7.66. The highest BCUT2D eigenvalue weighted by atomic mass is 16.5. The molecule has 7 heteroatoms. The Bertz CT molecular complexity index is 609. The van der Waals surface area contributed by atoms with Crippen LogP contribution in [0.2, 0.25) is 0 Å². The summed E-state index contributed by atoms with van der Waals surface area (Å²) >= 11 is 0. The molecule has 3 aliphatic rings. The highest BCUT2D eigenvalue weighted by molar-refractivity contribution is 5.82. The van der Waals surface area contributed by atoms with Gasteiger partial charge in [-0.15, -0.1) is 0 Å². The number of aromatic nitrogens is 2. The topological polar surface area (TPSA) is 65.7 Å². The molecule has 1 amide bonds. The standard InChI is InChI=1S/C18H29N5O2/c1-4-21(5-2)17(24)16-14-10-23(11-15(14)16)13-6-8-22(9-7-13)18-19-12(3)20-25-18/h13-16H,4-11H2,1-3H3/t14-,15+,16+. The van der Waals surface area contributed by atoms with E-state index in [0.717, 1.165) is 52.1 Å². The van der Waals surface area contributed by atoms with E-state index in [-0.39, 0.29) is 0 Å². The number of likely N-dealkylation sites (tertiary alicyclic amines) is 1. The third-order valence-electron chi connectivity index (χ3n) is 6.35. The van der Waals surface area contributed by atoms with Crippen molar-refractivity contribution in [2.24, 2.45) is 17.8 Å². The predicted molar refractivity (Wildman–Crippen MR) is 94.2 cm³/mol. The van der Waals surface area contributed by atoms with Crippen LogP contribution in [0.25, 0.3) is 0 Å². The number of carbonyl (C=O) groups excluding carboxylic acids is 1. The highest BCUT2D eigenvalue weighted by Crippen LogP contribution is 2.53. The van der Waals surface area contributed by atoms with Gasteiger partial charge >= 0.3 is 6.01 Å². The maximum absolute atomic E-state index is 12.5. The zero-order valence-corrected chi connectivity index (χ0v) is 15.5. The number of fused-ring (bicyclic) bond motifs is 1. The Morgan fingerprint density at radius 1 is 1.20 bits per heavy atom. The summed E-state index contributed by atoms with van der Waals surface area (Å²) in [7, 11) is 0. The average molecular weight is 347 g/mol. The number of anilines is 1. The van der Waals surface area contributed by atoms with Crippen molar-refractivity contribution in [1.29, 1.82) is 0 Å². The number of carbonyl (C=O) groups is 1. The molecule has 0 unspecified atom stereocenters. The maximum Gasteiger partial charge on any atom is 0.324 e. The summed E-state index contributed by atoms with van der Waals surface area (Å²) in [6.45, 7) is 11.8. The van der Waals surface area contributed by atoms with Gasteiger partial charge in [0, 0.05) is 51.2 Å². The Morgan fingerprint density at radius 3 is 2.36 bits per heavy atom. The van der Waals surface area contributed by atoms with Crippen molar-refractivity contribution >= 4 is 11.9 Å². The van der Waals surface area contributed by atoms with E-state index in [2.05, 4.69) is 33.8 Å². The van der Waals surface area contributed by atoms with Crippen LogP contribution in [0.3, 0.4) is 0 Å². The molecule has 3 fully saturated rings. The summed E-state index contributed by atoms with van der Waals surface area (Å²) in [5, 5.41) is 3.88. The zero-order valence-electron chi connectivity index (χ0n) is 15.5. The molecule has 3 atom stereocenters. The fourth-order valence-electron chi connectivity index (χ4n) is 4.81. The highest BCUT2D eigenvalue weighted by Gasteiger charge is 2.60. The minimum absolute atomic E-state index is 0.303. The molecule has 0 spiro atoms. The first kappa shape index (κ1) is 16.8. The SMILES string of the molecule is CCN(CC)C(=O)[C@H]1[C@@H]2CN(C3CCN(c4nc(C)no4)CC3)C[C@@H]21. The van der Waals surface area contributed by atoms with Crippen molar-refractivity contribution in [1.82, 2.24) is 19.9 Å². The van der Waals surface area contributed by atoms with Crippen molar-refractivity contribution in [2.75, 3.05) is 44.2 Å². The Labute approximate surface area is 149 Å². The molecule has 3 heterocycles. The molecule has 138 valence electrons. The second-order valence-electron chi connectivity index (χ2n) is 7.66. The van der Waals surface area contributed by atoms with Gasteiger partial charge in [-0.2, -0.15) is 4.98 Å². The molecule has 2 saturated heterocycles. The first-order valence-corrected chi connectivity index (χ1v) is 9.70. The van der Waals surface area contributed by atoms with Gasteiger partial charge in [0.1, 0.15) is 0 Å². The Morgan fingerprint density at radius 2 is 1.84 bits per heavy atom. The number of nitrogens with zero attached hydrogens (tertiary/aromatic N) is 5. The van der Waals surface area contributed by atoms with Crippen LogP contribution in [0, 0.1) is 24.7 Å². The van der Waals surface area contributed by atoms with Gasteiger partial charge in [0.05, 0.1) is 0 Å². The van der Waals surface area contributed by atoms with Gasteiger partial charge in [-0.1, -0.05) is 5.16 Å². The third kappa shape index (κ3) is 3.03. The minimum Gasteiger partial charge on any atom is -0.343 e. The van der Waals surface area contributed by atoms with Gasteiger partial charge in [0.15, 0.2) is 5.82 Å². The van der Waals surface area contributed by atoms with Crippen molar-refractivity contribution in [3.63, 3.8) is 0 Å². The lowest BCUT2D eigenvalue weighted by Crippen LogP contribution is -2.46. The number of aryl methyl sites for hydroxylation is 1. The van der Waals surface area contributed by atoms with Crippen LogP contribution in [0.5, 0.6) is 0 Å². The lowest BCUT2D eigenvalue weighted by molar-refractivity contribution is -0.133. The molecular weight excluding hydrogens is 318 g/mol. The van der Waals surface area contributed by atoms with Crippen LogP contribution in [-0.4, -0.2) is 71.2 Å². The van der Waals surface area contributed by atoms with Crippen molar-refractivity contribution in [3.8, 4) is 0 Å². The zero-order chi connectivity index (χ0) is 17.6. The van der Waals surface area contributed by atoms with Gasteiger partial charge in [0.25, 0.3) is 0 Å². The fraction of sp³-hybridized carbons (Fsp3) is 0.833. The number of hydrogen-bond donors (Lipinski definition) is 0. The molecule has 0 N–H and O–H groups in total. The lowest BCUT2D eigenvalue weighted by Gasteiger charge is -2.37. The molecule has 4 rings (SSSR count). The minimum atomic E-state index is 0.303. The molecule has 0 bridgehead atoms. The summed E-state index contributed by atoms with van der Waals surface area (Å²) in [4.78, 5) is 23.7. The van der Waals surface area contributed by atoms with Crippen LogP contribution in [-0.2, 0) is 4.79 Å². The van der Waals surface area contributed by atoms with Crippen molar-refractivity contribution in [2.45, 2.75) is 39.7 Å². The predicted octanol–water partition coefficient (Wildman–Crippen LogP) is 1.39. The molecule has 2 aliphatic heterocycles. The smallest absolute Gasteiger partial charge is 0.324 e. The molecule has 0 radical (unpaired) electrons. The van der Waals surface area contributed by atoms with Gasteiger partial charge in [-0.25, -0.2) is 0 Å². The average Bonchev–Trinajstić information content (AvgIpc) is 2.97. The van der Waals surface area contributed by atoms with E-state index >= 15 is 0 Å². The lowest BCUT2D eigenvalue weighted by atomic mass is 10.0. The quantitative estimate of drug-likeness (QED) is 0.802. The summed E-state index contributed by atoms with van der Waals surface area (Å²) in [6, 6.07) is 1.29. The van der Waals surface area contributed by atoms with Gasteiger partial charge in [0.2, 0.25) is 5.91 Å². The molecule has 1 aromatic heterocycles. The van der Waals surface area contributed by atoms with Crippen molar-refractivity contribution in [3.05, 3.63) is 5.82 Å². The summed E-state index contributed by atoms with van der Waals surface area (Å²) in [6.07, 6.45) is 2.27. The first-order valence-electron chi connectivity index (χ1n) is 9.70. The summed E-state index contributed by atoms with van der Waals surface area (Å²) in [5.74, 6) is 2.59. The van der Waals surface area contributed by atoms with E-state index in [1.165, 1.54) is 0 Å². The van der Waals surface area contributed by atoms with E-state index in [1.807, 2.05) is 11.8 Å². The molecule has 25 heavy (non-hydrogen) atoms. The van der Waals surface area contributed by atoms with E-state index < -0.39 is 0 Å². The normalized spacial score (nSPS) is 29.7. The molecule has 0 aromatic carbocycles. The van der Waals surface area contributed by atoms with E-state index in [9.17, 15) is 4.79 Å². The van der Waals surface area contributed by atoms with Crippen LogP contribution in [0.4, 0.5) is 6.01 Å². The summed E-state index contributed by atoms with van der Waals surface area (Å²) in [5.41, 5.74) is 0. The van der Waals surface area contributed by atoms with Gasteiger partial charge < -0.3 is 14.3 Å². The van der Waals surface area contributed by atoms with Crippen LogP contribution in [0.1, 0.15) is 32.5 Å². The summed E-state index contributed by atoms with van der Waals surface area (Å²) < 4.78 is 5.28. The first-order chi connectivity index (χ1) is 12.1. The number of piperidine rings is 2. The molecule has 1 saturated carbocycles. The van der Waals surface area contributed by atoms with Crippen LogP contribution in [0.15, 0.2) is 4.52 Å². The third-order valence-corrected chi connectivity index (χ3v) is 6.35. The van der Waals surface area contributed by atoms with E-state index in [1.54, 1.807) is 0 Å². The Kier molecular flexibility index (Phi) is 4.43. The molecule has 7 nitrogen and oxygen atoms in total. The largest absolute Gasteiger partial charge is 0.343 e. The fourth-order valence-corrected chi connectivity index (χ4v) is 4.81. The number of hydrogen-bond acceptors (Lipinski definition) is 6. The van der Waals surface area contributed by atoms with Gasteiger partial charge in [-0.3, -0.25) is 9.69 Å². The Balaban J connectivity index is 1.26. The Hall–Kier alpha value is -1.63. The number of rotatable bonds is 5. The van der Waals surface area contributed by atoms with Gasteiger partial charge in [-0.05, 0) is 45.4 Å². The van der Waals surface area contributed by atoms with Crippen LogP contribution < -0.4 is 4.90 Å². The van der Waals surface area contributed by atoms with E-state index in [4.69, 9.17) is 4.52 Å².